The van der Waals surface area contributed by atoms with Crippen molar-refractivity contribution >= 4 is 28.2 Å². The molecule has 0 aliphatic carbocycles. The molecule has 1 atom stereocenters. The van der Waals surface area contributed by atoms with Crippen molar-refractivity contribution in [2.24, 2.45) is 4.99 Å². The van der Waals surface area contributed by atoms with Gasteiger partial charge >= 0.3 is 6.03 Å². The molecule has 1 aliphatic heterocycles. The number of halogens is 1. The lowest BCUT2D eigenvalue weighted by molar-refractivity contribution is 0.226. The summed E-state index contributed by atoms with van der Waals surface area (Å²) in [5.41, 5.74) is 0. The van der Waals surface area contributed by atoms with Crippen molar-refractivity contribution in [2.75, 3.05) is 7.05 Å². The third kappa shape index (κ3) is 0.753. The van der Waals surface area contributed by atoms with Gasteiger partial charge < -0.3 is 4.90 Å². The average Bonchev–Trinajstić information content (AvgIpc) is 1.98. The quantitative estimate of drug-likeness (QED) is 0.398. The Morgan fingerprint density at radius 1 is 2.00 bits per heavy atom. The molecule has 3 nitrogen and oxygen atoms in total. The molecule has 0 aromatic rings. The molecule has 1 aliphatic rings. The largest absolute Gasteiger partial charge is 0.344 e. The number of aliphatic imine (C=N–C) groups is 1. The van der Waals surface area contributed by atoms with E-state index >= 15 is 0 Å². The van der Waals surface area contributed by atoms with Crippen molar-refractivity contribution in [3.8, 4) is 0 Å². The van der Waals surface area contributed by atoms with E-state index in [1.54, 1.807) is 13.3 Å². The zero-order valence-electron chi connectivity index (χ0n) is 4.34. The lowest BCUT2D eigenvalue weighted by Crippen LogP contribution is -2.24. The number of nitrogens with zero attached hydrogens (tertiary/aromatic N) is 2. The van der Waals surface area contributed by atoms with Gasteiger partial charge in [0.2, 0.25) is 0 Å². The summed E-state index contributed by atoms with van der Waals surface area (Å²) in [7, 11) is 1.69. The SMILES string of the molecule is CN1C(=O)N=CC1Br. The first-order chi connectivity index (χ1) is 3.72. The number of carbonyl (C=O) groups excluding carboxylic acids is 1. The minimum absolute atomic E-state index is 0.00463. The van der Waals surface area contributed by atoms with Crippen LogP contribution in [0, 0.1) is 0 Å². The van der Waals surface area contributed by atoms with Gasteiger partial charge in [0, 0.05) is 13.3 Å². The number of alkyl halides is 1. The molecule has 0 saturated carbocycles. The van der Waals surface area contributed by atoms with E-state index in [0.717, 1.165) is 0 Å². The fourth-order valence-electron chi connectivity index (χ4n) is 0.422. The minimum atomic E-state index is -0.188. The third-order valence-electron chi connectivity index (χ3n) is 0.980. The molecule has 1 unspecified atom stereocenters. The lowest BCUT2D eigenvalue weighted by atomic mass is 10.7. The fraction of sp³-hybridized carbons (Fsp3) is 0.500. The van der Waals surface area contributed by atoms with Crippen LogP contribution in [0.4, 0.5) is 4.79 Å². The summed E-state index contributed by atoms with van der Waals surface area (Å²) in [6, 6.07) is -0.188. The molecule has 1 rings (SSSR count). The predicted molar refractivity (Wildman–Crippen MR) is 34.4 cm³/mol. The monoisotopic (exact) mass is 176 g/mol. The van der Waals surface area contributed by atoms with Gasteiger partial charge in [0.15, 0.2) is 0 Å². The first-order valence-corrected chi connectivity index (χ1v) is 3.08. The molecule has 0 radical (unpaired) electrons. The van der Waals surface area contributed by atoms with Crippen LogP contribution in [0.25, 0.3) is 0 Å². The predicted octanol–water partition coefficient (Wildman–Crippen LogP) is 0.844. The van der Waals surface area contributed by atoms with Gasteiger partial charge in [0.1, 0.15) is 4.95 Å². The second-order valence-corrected chi connectivity index (χ2v) is 2.48. The number of hydrogen-bond acceptors (Lipinski definition) is 1. The minimum Gasteiger partial charge on any atom is -0.308 e. The summed E-state index contributed by atoms with van der Waals surface area (Å²) in [5.74, 6) is 0. The van der Waals surface area contributed by atoms with E-state index in [-0.39, 0.29) is 11.0 Å². The van der Waals surface area contributed by atoms with Crippen LogP contribution in [0.15, 0.2) is 4.99 Å². The fourth-order valence-corrected chi connectivity index (χ4v) is 0.715. The molecule has 4 heteroatoms. The standard InChI is InChI=1S/C4H5BrN2O/c1-7-3(5)2-6-4(7)8/h2-3H,1H3. The van der Waals surface area contributed by atoms with Crippen molar-refractivity contribution < 1.29 is 4.79 Å². The van der Waals surface area contributed by atoms with Gasteiger partial charge in [-0.1, -0.05) is 15.9 Å². The maximum absolute atomic E-state index is 10.5. The highest BCUT2D eigenvalue weighted by Crippen LogP contribution is 2.09. The summed E-state index contributed by atoms with van der Waals surface area (Å²) in [6.07, 6.45) is 1.56. The van der Waals surface area contributed by atoms with Gasteiger partial charge in [-0.25, -0.2) is 9.79 Å². The average molecular weight is 177 g/mol. The van der Waals surface area contributed by atoms with Gasteiger partial charge in [-0.2, -0.15) is 0 Å². The molecular formula is C4H5BrN2O. The lowest BCUT2D eigenvalue weighted by Gasteiger charge is -2.08. The topological polar surface area (TPSA) is 32.7 Å². The Morgan fingerprint density at radius 2 is 2.62 bits per heavy atom. The molecule has 0 aromatic heterocycles. The molecule has 0 bridgehead atoms. The van der Waals surface area contributed by atoms with Crippen LogP contribution in [0.5, 0.6) is 0 Å². The van der Waals surface area contributed by atoms with Gasteiger partial charge in [-0.05, 0) is 0 Å². The first kappa shape index (κ1) is 5.75. The smallest absolute Gasteiger partial charge is 0.308 e. The highest BCUT2D eigenvalue weighted by Gasteiger charge is 2.19. The second kappa shape index (κ2) is 1.85. The number of hydrogen-bond donors (Lipinski definition) is 0. The number of rotatable bonds is 0. The Morgan fingerprint density at radius 3 is 2.75 bits per heavy atom. The maximum atomic E-state index is 10.5. The summed E-state index contributed by atoms with van der Waals surface area (Å²) >= 11 is 3.20. The number of urea groups is 1. The zero-order chi connectivity index (χ0) is 6.15. The van der Waals surface area contributed by atoms with Crippen LogP contribution in [0.2, 0.25) is 0 Å². The normalized spacial score (nSPS) is 27.5. The summed E-state index contributed by atoms with van der Waals surface area (Å²) in [4.78, 5) is 15.5. The molecule has 2 amide bonds. The van der Waals surface area contributed by atoms with E-state index < -0.39 is 0 Å². The number of carbonyl (C=O) groups is 1. The summed E-state index contributed by atoms with van der Waals surface area (Å²) < 4.78 is 0. The molecule has 1 heterocycles. The van der Waals surface area contributed by atoms with E-state index in [1.165, 1.54) is 4.90 Å². The van der Waals surface area contributed by atoms with Crippen molar-refractivity contribution in [1.29, 1.82) is 0 Å². The summed E-state index contributed by atoms with van der Waals surface area (Å²) in [6.45, 7) is 0. The molecule has 44 valence electrons. The molecule has 0 aromatic carbocycles. The van der Waals surface area contributed by atoms with Crippen LogP contribution in [-0.4, -0.2) is 29.1 Å². The van der Waals surface area contributed by atoms with Crippen LogP contribution < -0.4 is 0 Å². The van der Waals surface area contributed by atoms with E-state index in [1.807, 2.05) is 0 Å². The molecular weight excluding hydrogens is 172 g/mol. The van der Waals surface area contributed by atoms with Gasteiger partial charge in [-0.3, -0.25) is 0 Å². The van der Waals surface area contributed by atoms with E-state index in [9.17, 15) is 4.79 Å². The molecule has 0 saturated heterocycles. The Balaban J connectivity index is 2.69. The van der Waals surface area contributed by atoms with Crippen molar-refractivity contribution in [1.82, 2.24) is 4.90 Å². The molecule has 8 heavy (non-hydrogen) atoms. The van der Waals surface area contributed by atoms with Crippen molar-refractivity contribution in [2.45, 2.75) is 4.95 Å². The Hall–Kier alpha value is -0.380. The van der Waals surface area contributed by atoms with Crippen LogP contribution in [-0.2, 0) is 0 Å². The highest BCUT2D eigenvalue weighted by molar-refractivity contribution is 9.09. The van der Waals surface area contributed by atoms with Crippen molar-refractivity contribution in [3.63, 3.8) is 0 Å². The van der Waals surface area contributed by atoms with Crippen LogP contribution in [0.3, 0.4) is 0 Å². The summed E-state index contributed by atoms with van der Waals surface area (Å²) in [5, 5.41) is 0. The maximum Gasteiger partial charge on any atom is 0.344 e. The van der Waals surface area contributed by atoms with Crippen LogP contribution in [0.1, 0.15) is 0 Å². The van der Waals surface area contributed by atoms with Gasteiger partial charge in [0.05, 0.1) is 0 Å². The number of amides is 2. The van der Waals surface area contributed by atoms with Crippen molar-refractivity contribution in [3.05, 3.63) is 0 Å². The molecule has 0 N–H and O–H groups in total. The Labute approximate surface area is 55.5 Å². The Bertz CT molecular complexity index is 145. The van der Waals surface area contributed by atoms with Gasteiger partial charge in [0.25, 0.3) is 0 Å². The third-order valence-corrected chi connectivity index (χ3v) is 1.83. The van der Waals surface area contributed by atoms with E-state index in [4.69, 9.17) is 0 Å². The highest BCUT2D eigenvalue weighted by atomic mass is 79.9. The second-order valence-electron chi connectivity index (χ2n) is 1.54. The van der Waals surface area contributed by atoms with Crippen LogP contribution >= 0.6 is 15.9 Å². The van der Waals surface area contributed by atoms with Gasteiger partial charge in [-0.15, -0.1) is 0 Å². The van der Waals surface area contributed by atoms with E-state index in [0.29, 0.717) is 0 Å². The van der Waals surface area contributed by atoms with E-state index in [2.05, 4.69) is 20.9 Å². The molecule has 0 spiro atoms. The Kier molecular flexibility index (Phi) is 1.33. The first-order valence-electron chi connectivity index (χ1n) is 2.17. The molecule has 0 fully saturated rings. The zero-order valence-corrected chi connectivity index (χ0v) is 5.92.